The lowest BCUT2D eigenvalue weighted by Crippen LogP contribution is -2.39. The highest BCUT2D eigenvalue weighted by Crippen LogP contribution is 2.25. The van der Waals surface area contributed by atoms with Crippen molar-refractivity contribution >= 4 is 6.41 Å². The first kappa shape index (κ1) is 5.60. The highest BCUT2D eigenvalue weighted by molar-refractivity contribution is 5.48. The van der Waals surface area contributed by atoms with E-state index in [2.05, 4.69) is 12.2 Å². The summed E-state index contributed by atoms with van der Waals surface area (Å²) in [6, 6.07) is 0.433. The van der Waals surface area contributed by atoms with Gasteiger partial charge in [0, 0.05) is 6.04 Å². The van der Waals surface area contributed by atoms with Crippen LogP contribution in [0.1, 0.15) is 19.8 Å². The Kier molecular flexibility index (Phi) is 1.51. The number of nitrogens with one attached hydrogen (secondary N) is 1. The first-order valence-electron chi connectivity index (χ1n) is 2.95. The number of carbonyl (C=O) groups excluding carboxylic acids is 1. The molecule has 1 N–H and O–H groups in total. The lowest BCUT2D eigenvalue weighted by molar-refractivity contribution is 0.265. The van der Waals surface area contributed by atoms with Crippen LogP contribution in [0.5, 0.6) is 0 Å². The second kappa shape index (κ2) is 2.16. The predicted molar refractivity (Wildman–Crippen MR) is 31.0 cm³/mol. The normalized spacial score (nSPS) is 35.6. The fraction of sp³-hybridized carbons (Fsp3) is 0.833. The van der Waals surface area contributed by atoms with Gasteiger partial charge in [0.2, 0.25) is 0 Å². The minimum Gasteiger partial charge on any atom is -0.345 e. The van der Waals surface area contributed by atoms with Crippen LogP contribution in [-0.4, -0.2) is 12.5 Å². The van der Waals surface area contributed by atoms with Crippen LogP contribution in [0.2, 0.25) is 0 Å². The van der Waals surface area contributed by atoms with Crippen molar-refractivity contribution in [3.8, 4) is 0 Å². The molecular formula is C6H10NO. The van der Waals surface area contributed by atoms with Crippen molar-refractivity contribution in [2.24, 2.45) is 5.92 Å². The summed E-state index contributed by atoms with van der Waals surface area (Å²) >= 11 is 0. The van der Waals surface area contributed by atoms with Gasteiger partial charge < -0.3 is 5.32 Å². The van der Waals surface area contributed by atoms with Crippen molar-refractivity contribution in [2.45, 2.75) is 25.8 Å². The highest BCUT2D eigenvalue weighted by Gasteiger charge is 2.24. The van der Waals surface area contributed by atoms with E-state index in [0.29, 0.717) is 6.04 Å². The molecule has 45 valence electrons. The van der Waals surface area contributed by atoms with Gasteiger partial charge in [0.1, 0.15) is 0 Å². The van der Waals surface area contributed by atoms with Gasteiger partial charge in [-0.15, -0.1) is 0 Å². The van der Waals surface area contributed by atoms with Crippen LogP contribution in [-0.2, 0) is 4.79 Å². The third-order valence-corrected chi connectivity index (χ3v) is 1.64. The highest BCUT2D eigenvalue weighted by atomic mass is 16.1. The van der Waals surface area contributed by atoms with Crippen LogP contribution in [0.4, 0.5) is 0 Å². The zero-order chi connectivity index (χ0) is 5.98. The fourth-order valence-corrected chi connectivity index (χ4v) is 1.10. The molecule has 0 aromatic rings. The van der Waals surface area contributed by atoms with Crippen molar-refractivity contribution in [3.63, 3.8) is 0 Å². The number of hydrogen-bond donors (Lipinski definition) is 1. The third kappa shape index (κ3) is 0.997. The Morgan fingerprint density at radius 1 is 1.62 bits per heavy atom. The van der Waals surface area contributed by atoms with Gasteiger partial charge in [0.15, 0.2) is 0 Å². The Morgan fingerprint density at radius 3 is 2.62 bits per heavy atom. The van der Waals surface area contributed by atoms with Crippen molar-refractivity contribution in [1.82, 2.24) is 5.32 Å². The summed E-state index contributed by atoms with van der Waals surface area (Å²) in [7, 11) is 0. The maximum absolute atomic E-state index is 9.68. The molecule has 0 bridgehead atoms. The molecule has 0 heterocycles. The Hall–Kier alpha value is -0.530. The van der Waals surface area contributed by atoms with Crippen molar-refractivity contribution in [3.05, 3.63) is 0 Å². The molecule has 0 saturated heterocycles. The van der Waals surface area contributed by atoms with E-state index < -0.39 is 0 Å². The lowest BCUT2D eigenvalue weighted by atomic mass is 9.82. The summed E-state index contributed by atoms with van der Waals surface area (Å²) < 4.78 is 0. The molecule has 1 radical (unpaired) electrons. The summed E-state index contributed by atoms with van der Waals surface area (Å²) in [5.74, 6) is 0.806. The Labute approximate surface area is 49.3 Å². The molecule has 0 spiro atoms. The summed E-state index contributed by atoms with van der Waals surface area (Å²) in [6.45, 7) is 2.18. The van der Waals surface area contributed by atoms with Gasteiger partial charge >= 0.3 is 6.41 Å². The third-order valence-electron chi connectivity index (χ3n) is 1.64. The number of hydrogen-bond acceptors (Lipinski definition) is 1. The molecule has 0 aromatic carbocycles. The maximum atomic E-state index is 9.68. The first-order valence-corrected chi connectivity index (χ1v) is 2.95. The van der Waals surface area contributed by atoms with Gasteiger partial charge in [-0.05, 0) is 18.8 Å². The first-order chi connectivity index (χ1) is 3.83. The summed E-state index contributed by atoms with van der Waals surface area (Å²) in [5, 5.41) is 2.61. The molecule has 0 unspecified atom stereocenters. The average Bonchev–Trinajstić information content (AvgIpc) is 1.64. The van der Waals surface area contributed by atoms with Gasteiger partial charge in [0.05, 0.1) is 0 Å². The predicted octanol–water partition coefficient (Wildman–Crippen LogP) is 0.442. The minimum atomic E-state index is 0.433. The van der Waals surface area contributed by atoms with Gasteiger partial charge in [-0.3, -0.25) is 4.79 Å². The molecule has 1 aliphatic rings. The minimum absolute atomic E-state index is 0.433. The molecular weight excluding hydrogens is 102 g/mol. The van der Waals surface area contributed by atoms with Crippen LogP contribution < -0.4 is 5.32 Å². The largest absolute Gasteiger partial charge is 0.345 e. The molecule has 2 nitrogen and oxygen atoms in total. The van der Waals surface area contributed by atoms with Crippen LogP contribution in [0.25, 0.3) is 0 Å². The molecule has 0 aromatic heterocycles. The van der Waals surface area contributed by atoms with E-state index in [1.165, 1.54) is 0 Å². The zero-order valence-corrected chi connectivity index (χ0v) is 4.98. The monoisotopic (exact) mass is 112 g/mol. The second-order valence-electron chi connectivity index (χ2n) is 2.52. The summed E-state index contributed by atoms with van der Waals surface area (Å²) in [5.41, 5.74) is 0. The molecule has 1 aliphatic carbocycles. The van der Waals surface area contributed by atoms with E-state index in [4.69, 9.17) is 0 Å². The smallest absolute Gasteiger partial charge is 0.309 e. The second-order valence-corrected chi connectivity index (χ2v) is 2.52. The molecule has 0 aliphatic heterocycles. The van der Waals surface area contributed by atoms with Crippen LogP contribution in [0.3, 0.4) is 0 Å². The SMILES string of the molecule is CC1CC(N[C]=O)C1. The van der Waals surface area contributed by atoms with Crippen molar-refractivity contribution in [1.29, 1.82) is 0 Å². The zero-order valence-electron chi connectivity index (χ0n) is 4.98. The van der Waals surface area contributed by atoms with Crippen molar-refractivity contribution < 1.29 is 4.79 Å². The Bertz CT molecular complexity index is 86.5. The Morgan fingerprint density at radius 2 is 2.25 bits per heavy atom. The fourth-order valence-electron chi connectivity index (χ4n) is 1.10. The van der Waals surface area contributed by atoms with E-state index in [1.54, 1.807) is 6.41 Å². The van der Waals surface area contributed by atoms with Gasteiger partial charge in [-0.1, -0.05) is 6.92 Å². The van der Waals surface area contributed by atoms with Crippen LogP contribution >= 0.6 is 0 Å². The molecule has 8 heavy (non-hydrogen) atoms. The maximum Gasteiger partial charge on any atom is 0.309 e. The number of amides is 1. The van der Waals surface area contributed by atoms with E-state index >= 15 is 0 Å². The standard InChI is InChI=1S/C6H10NO/c1-5-2-6(3-5)7-4-8/h5-6H,2-3H2,1H3,(H,7,8). The Balaban J connectivity index is 2.06. The quantitative estimate of drug-likeness (QED) is 0.516. The molecule has 1 amide bonds. The van der Waals surface area contributed by atoms with Gasteiger partial charge in [-0.25, -0.2) is 0 Å². The molecule has 0 atom stereocenters. The van der Waals surface area contributed by atoms with Crippen LogP contribution in [0, 0.1) is 5.92 Å². The lowest BCUT2D eigenvalue weighted by Gasteiger charge is -2.31. The van der Waals surface area contributed by atoms with E-state index in [-0.39, 0.29) is 0 Å². The van der Waals surface area contributed by atoms with E-state index in [1.807, 2.05) is 0 Å². The summed E-state index contributed by atoms with van der Waals surface area (Å²) in [6.07, 6.45) is 3.96. The van der Waals surface area contributed by atoms with E-state index in [9.17, 15) is 4.79 Å². The molecule has 1 saturated carbocycles. The molecule has 1 rings (SSSR count). The summed E-state index contributed by atoms with van der Waals surface area (Å²) in [4.78, 5) is 9.68. The van der Waals surface area contributed by atoms with E-state index in [0.717, 1.165) is 18.8 Å². The van der Waals surface area contributed by atoms with Gasteiger partial charge in [0.25, 0.3) is 0 Å². The molecule has 1 fully saturated rings. The van der Waals surface area contributed by atoms with Gasteiger partial charge in [-0.2, -0.15) is 0 Å². The van der Waals surface area contributed by atoms with Crippen LogP contribution in [0.15, 0.2) is 0 Å². The molecule has 2 heteroatoms. The number of rotatable bonds is 2. The van der Waals surface area contributed by atoms with Crippen molar-refractivity contribution in [2.75, 3.05) is 0 Å². The topological polar surface area (TPSA) is 29.1 Å². The average molecular weight is 112 g/mol.